The van der Waals surface area contributed by atoms with E-state index in [4.69, 9.17) is 9.84 Å². The molecule has 2 rings (SSSR count). The van der Waals surface area contributed by atoms with Gasteiger partial charge in [-0.1, -0.05) is 15.9 Å². The largest absolute Gasteiger partial charge is 0.479 e. The summed E-state index contributed by atoms with van der Waals surface area (Å²) in [6, 6.07) is 5.41. The number of aryl methyl sites for hydroxylation is 1. The third kappa shape index (κ3) is 3.13. The Balaban J connectivity index is 2.17. The summed E-state index contributed by atoms with van der Waals surface area (Å²) in [5.74, 6) is -1.19. The van der Waals surface area contributed by atoms with Crippen LogP contribution in [0.2, 0.25) is 0 Å². The summed E-state index contributed by atoms with van der Waals surface area (Å²) in [6.07, 6.45) is -0.937. The van der Waals surface area contributed by atoms with Crippen LogP contribution in [0.4, 0.5) is 0 Å². The molecule has 1 fully saturated rings. The quantitative estimate of drug-likeness (QED) is 0.897. The Bertz CT molecular complexity index is 517. The van der Waals surface area contributed by atoms with E-state index < -0.39 is 12.1 Å². The first-order valence-electron chi connectivity index (χ1n) is 5.89. The van der Waals surface area contributed by atoms with Crippen LogP contribution in [0, 0.1) is 6.92 Å². The topological polar surface area (TPSA) is 66.8 Å². The molecule has 0 bridgehead atoms. The molecule has 0 spiro atoms. The van der Waals surface area contributed by atoms with Crippen LogP contribution in [0.25, 0.3) is 0 Å². The average Bonchev–Trinajstić information content (AvgIpc) is 2.38. The molecule has 102 valence electrons. The molecule has 19 heavy (non-hydrogen) atoms. The van der Waals surface area contributed by atoms with Crippen molar-refractivity contribution in [1.29, 1.82) is 0 Å². The number of carboxylic acid groups (broad SMARTS) is 1. The van der Waals surface area contributed by atoms with E-state index in [0.29, 0.717) is 12.1 Å². The lowest BCUT2D eigenvalue weighted by Crippen LogP contribution is -2.48. The highest BCUT2D eigenvalue weighted by Crippen LogP contribution is 2.18. The normalized spacial score (nSPS) is 19.3. The van der Waals surface area contributed by atoms with Gasteiger partial charge in [-0.05, 0) is 30.7 Å². The van der Waals surface area contributed by atoms with Gasteiger partial charge in [0.1, 0.15) is 0 Å². The zero-order valence-electron chi connectivity index (χ0n) is 10.4. The summed E-state index contributed by atoms with van der Waals surface area (Å²) < 4.78 is 6.01. The molecule has 1 aromatic rings. The number of rotatable bonds is 2. The number of amides is 1. The van der Waals surface area contributed by atoms with E-state index >= 15 is 0 Å². The van der Waals surface area contributed by atoms with Crippen molar-refractivity contribution in [2.24, 2.45) is 0 Å². The van der Waals surface area contributed by atoms with Crippen molar-refractivity contribution in [2.45, 2.75) is 13.0 Å². The molecular weight excluding hydrogens is 314 g/mol. The monoisotopic (exact) mass is 327 g/mol. The van der Waals surface area contributed by atoms with Gasteiger partial charge in [-0.15, -0.1) is 0 Å². The van der Waals surface area contributed by atoms with Crippen LogP contribution in [-0.2, 0) is 9.53 Å². The Morgan fingerprint density at radius 1 is 1.47 bits per heavy atom. The molecule has 1 unspecified atom stereocenters. The number of halogens is 1. The molecule has 1 aromatic carbocycles. The van der Waals surface area contributed by atoms with Crippen LogP contribution in [0.15, 0.2) is 22.7 Å². The fourth-order valence-electron chi connectivity index (χ4n) is 2.02. The van der Waals surface area contributed by atoms with Gasteiger partial charge in [-0.3, -0.25) is 4.79 Å². The molecule has 1 atom stereocenters. The first-order valence-corrected chi connectivity index (χ1v) is 6.68. The molecule has 1 saturated heterocycles. The van der Waals surface area contributed by atoms with E-state index in [1.807, 2.05) is 13.0 Å². The first kappa shape index (κ1) is 14.0. The predicted octanol–water partition coefficient (Wildman–Crippen LogP) is 1.68. The Labute approximate surface area is 119 Å². The number of benzene rings is 1. The number of morpholine rings is 1. The summed E-state index contributed by atoms with van der Waals surface area (Å²) in [7, 11) is 0. The van der Waals surface area contributed by atoms with E-state index in [1.54, 1.807) is 12.1 Å². The molecule has 0 saturated carbocycles. The van der Waals surface area contributed by atoms with E-state index in [9.17, 15) is 9.59 Å². The van der Waals surface area contributed by atoms with Gasteiger partial charge in [0.15, 0.2) is 6.10 Å². The van der Waals surface area contributed by atoms with E-state index in [-0.39, 0.29) is 19.1 Å². The standard InChI is InChI=1S/C13H14BrNO4/c1-8-6-9(14)2-3-10(8)12(16)15-4-5-19-11(7-15)13(17)18/h2-3,6,11H,4-5,7H2,1H3,(H,17,18). The van der Waals surface area contributed by atoms with Crippen molar-refractivity contribution in [3.63, 3.8) is 0 Å². The number of aliphatic carboxylic acids is 1. The van der Waals surface area contributed by atoms with E-state index in [1.165, 1.54) is 4.90 Å². The smallest absolute Gasteiger partial charge is 0.334 e. The minimum absolute atomic E-state index is 0.0870. The van der Waals surface area contributed by atoms with Crippen LogP contribution in [0.3, 0.4) is 0 Å². The summed E-state index contributed by atoms with van der Waals surface area (Å²) >= 11 is 3.35. The van der Waals surface area contributed by atoms with Crippen molar-refractivity contribution < 1.29 is 19.4 Å². The van der Waals surface area contributed by atoms with Gasteiger partial charge in [-0.25, -0.2) is 4.79 Å². The highest BCUT2D eigenvalue weighted by Gasteiger charge is 2.29. The third-order valence-corrected chi connectivity index (χ3v) is 3.54. The zero-order chi connectivity index (χ0) is 14.0. The van der Waals surface area contributed by atoms with Gasteiger partial charge < -0.3 is 14.7 Å². The minimum Gasteiger partial charge on any atom is -0.479 e. The molecule has 1 aliphatic heterocycles. The maximum Gasteiger partial charge on any atom is 0.334 e. The van der Waals surface area contributed by atoms with Crippen LogP contribution >= 0.6 is 15.9 Å². The van der Waals surface area contributed by atoms with Crippen molar-refractivity contribution in [3.8, 4) is 0 Å². The van der Waals surface area contributed by atoms with Crippen LogP contribution in [0.5, 0.6) is 0 Å². The average molecular weight is 328 g/mol. The number of hydrogen-bond acceptors (Lipinski definition) is 3. The fourth-order valence-corrected chi connectivity index (χ4v) is 2.50. The number of carbonyl (C=O) groups is 2. The van der Waals surface area contributed by atoms with Gasteiger partial charge in [0.25, 0.3) is 5.91 Å². The second-order valence-corrected chi connectivity index (χ2v) is 5.32. The van der Waals surface area contributed by atoms with Crippen LogP contribution < -0.4 is 0 Å². The summed E-state index contributed by atoms with van der Waals surface area (Å²) in [4.78, 5) is 24.8. The molecule has 1 amide bonds. The maximum atomic E-state index is 12.4. The lowest BCUT2D eigenvalue weighted by Gasteiger charge is -2.31. The molecule has 6 heteroatoms. The van der Waals surface area contributed by atoms with Gasteiger partial charge >= 0.3 is 5.97 Å². The number of hydrogen-bond donors (Lipinski definition) is 1. The molecular formula is C13H14BrNO4. The van der Waals surface area contributed by atoms with E-state index in [2.05, 4.69) is 15.9 Å². The number of ether oxygens (including phenoxy) is 1. The van der Waals surface area contributed by atoms with Crippen molar-refractivity contribution in [2.75, 3.05) is 19.7 Å². The molecule has 1 heterocycles. The highest BCUT2D eigenvalue weighted by atomic mass is 79.9. The number of carbonyl (C=O) groups excluding carboxylic acids is 1. The maximum absolute atomic E-state index is 12.4. The van der Waals surface area contributed by atoms with Crippen molar-refractivity contribution in [1.82, 2.24) is 4.90 Å². The van der Waals surface area contributed by atoms with Gasteiger partial charge in [0, 0.05) is 16.6 Å². The predicted molar refractivity (Wildman–Crippen MR) is 72.2 cm³/mol. The molecule has 1 N–H and O–H groups in total. The summed E-state index contributed by atoms with van der Waals surface area (Å²) in [5, 5.41) is 8.93. The number of nitrogens with zero attached hydrogens (tertiary/aromatic N) is 1. The van der Waals surface area contributed by atoms with Gasteiger partial charge in [0.05, 0.1) is 13.2 Å². The van der Waals surface area contributed by atoms with E-state index in [0.717, 1.165) is 10.0 Å². The lowest BCUT2D eigenvalue weighted by atomic mass is 10.1. The Morgan fingerprint density at radius 3 is 2.84 bits per heavy atom. The number of carboxylic acids is 1. The SMILES string of the molecule is Cc1cc(Br)ccc1C(=O)N1CCOC(C(=O)O)C1. The molecule has 1 aliphatic rings. The Morgan fingerprint density at radius 2 is 2.21 bits per heavy atom. The zero-order valence-corrected chi connectivity index (χ0v) is 12.0. The first-order chi connectivity index (χ1) is 8.99. The second-order valence-electron chi connectivity index (χ2n) is 4.41. The van der Waals surface area contributed by atoms with Crippen molar-refractivity contribution >= 4 is 27.8 Å². The third-order valence-electron chi connectivity index (χ3n) is 3.05. The molecule has 0 aromatic heterocycles. The van der Waals surface area contributed by atoms with Crippen LogP contribution in [0.1, 0.15) is 15.9 Å². The molecule has 0 aliphatic carbocycles. The van der Waals surface area contributed by atoms with Crippen LogP contribution in [-0.4, -0.2) is 47.7 Å². The summed E-state index contributed by atoms with van der Waals surface area (Å²) in [6.45, 7) is 2.60. The van der Waals surface area contributed by atoms with Crippen molar-refractivity contribution in [3.05, 3.63) is 33.8 Å². The minimum atomic E-state index is -1.04. The Kier molecular flexibility index (Phi) is 4.21. The van der Waals surface area contributed by atoms with Gasteiger partial charge in [0.2, 0.25) is 0 Å². The fraction of sp³-hybridized carbons (Fsp3) is 0.385. The highest BCUT2D eigenvalue weighted by molar-refractivity contribution is 9.10. The lowest BCUT2D eigenvalue weighted by molar-refractivity contribution is -0.154. The summed E-state index contributed by atoms with van der Waals surface area (Å²) in [5.41, 5.74) is 1.45. The molecule has 5 nitrogen and oxygen atoms in total. The molecule has 0 radical (unpaired) electrons. The Hall–Kier alpha value is -1.40. The second kappa shape index (κ2) is 5.71. The van der Waals surface area contributed by atoms with Gasteiger partial charge in [-0.2, -0.15) is 0 Å².